The number of carbonyl (C=O) groups excluding carboxylic acids is 1. The lowest BCUT2D eigenvalue weighted by molar-refractivity contribution is -0.144. The Balaban J connectivity index is 1.79. The van der Waals surface area contributed by atoms with Crippen LogP contribution in [-0.4, -0.2) is 19.1 Å². The molecule has 1 atom stereocenters. The molecule has 28 heavy (non-hydrogen) atoms. The number of methoxy groups -OCH3 is 1. The van der Waals surface area contributed by atoms with Crippen molar-refractivity contribution < 1.29 is 9.53 Å². The average molecular weight is 372 g/mol. The maximum atomic E-state index is 11.9. The van der Waals surface area contributed by atoms with Crippen molar-refractivity contribution in [3.8, 4) is 17.2 Å². The van der Waals surface area contributed by atoms with E-state index in [0.29, 0.717) is 12.1 Å². The number of nitrogens with one attached hydrogen (secondary N) is 1. The minimum atomic E-state index is -0.320. The Labute approximate surface area is 165 Å². The Morgan fingerprint density at radius 1 is 1.00 bits per heavy atom. The quantitative estimate of drug-likeness (QED) is 0.639. The molecule has 1 unspecified atom stereocenters. The maximum absolute atomic E-state index is 11.9. The second-order valence-electron chi connectivity index (χ2n) is 7.21. The Morgan fingerprint density at radius 3 is 2.29 bits per heavy atom. The highest BCUT2D eigenvalue weighted by Crippen LogP contribution is 2.25. The fourth-order valence-corrected chi connectivity index (χ4v) is 3.27. The zero-order valence-electron chi connectivity index (χ0n) is 16.4. The molecule has 3 aromatic rings. The van der Waals surface area contributed by atoms with Gasteiger partial charge >= 0.3 is 5.97 Å². The van der Waals surface area contributed by atoms with Crippen LogP contribution < -0.4 is 5.32 Å². The van der Waals surface area contributed by atoms with Crippen LogP contribution in [0.4, 0.5) is 0 Å². The summed E-state index contributed by atoms with van der Waals surface area (Å²) in [5.74, 6) is -0.0780. The standard InChI is InChI=1S/C24H24N2O2/c1-16(2)23(24(27)28-3)26-15-18-6-9-22-13-21(11-10-20(22)12-18)19-7-4-17(14-25)5-8-19/h4-13,16,23,26H,15H2,1-3H3. The van der Waals surface area contributed by atoms with Gasteiger partial charge in [0.2, 0.25) is 0 Å². The third kappa shape index (κ3) is 4.39. The van der Waals surface area contributed by atoms with Crippen LogP contribution in [0, 0.1) is 17.2 Å². The third-order valence-electron chi connectivity index (χ3n) is 4.90. The summed E-state index contributed by atoms with van der Waals surface area (Å²) >= 11 is 0. The first kappa shape index (κ1) is 19.6. The van der Waals surface area contributed by atoms with Gasteiger partial charge in [-0.2, -0.15) is 5.26 Å². The zero-order chi connectivity index (χ0) is 20.1. The molecule has 3 rings (SSSR count). The van der Waals surface area contributed by atoms with Gasteiger partial charge in [-0.25, -0.2) is 0 Å². The van der Waals surface area contributed by atoms with Gasteiger partial charge in [0.15, 0.2) is 0 Å². The van der Waals surface area contributed by atoms with Gasteiger partial charge in [0.1, 0.15) is 6.04 Å². The Hall–Kier alpha value is -3.16. The minimum Gasteiger partial charge on any atom is -0.468 e. The molecule has 0 saturated heterocycles. The molecular formula is C24H24N2O2. The molecule has 4 heteroatoms. The van der Waals surface area contributed by atoms with Crippen LogP contribution in [0.3, 0.4) is 0 Å². The lowest BCUT2D eigenvalue weighted by Crippen LogP contribution is -2.41. The molecule has 0 amide bonds. The largest absolute Gasteiger partial charge is 0.468 e. The molecule has 0 heterocycles. The Bertz CT molecular complexity index is 1020. The lowest BCUT2D eigenvalue weighted by atomic mass is 9.99. The summed E-state index contributed by atoms with van der Waals surface area (Å²) < 4.78 is 4.88. The third-order valence-corrected chi connectivity index (χ3v) is 4.90. The molecule has 3 aromatic carbocycles. The molecule has 0 radical (unpaired) electrons. The highest BCUT2D eigenvalue weighted by atomic mass is 16.5. The number of rotatable bonds is 6. The molecule has 142 valence electrons. The summed E-state index contributed by atoms with van der Waals surface area (Å²) in [6, 6.07) is 22.1. The van der Waals surface area contributed by atoms with E-state index in [-0.39, 0.29) is 17.9 Å². The number of benzene rings is 3. The number of carbonyl (C=O) groups is 1. The smallest absolute Gasteiger partial charge is 0.323 e. The summed E-state index contributed by atoms with van der Waals surface area (Å²) in [7, 11) is 1.42. The van der Waals surface area contributed by atoms with Gasteiger partial charge in [0.05, 0.1) is 18.7 Å². The van der Waals surface area contributed by atoms with E-state index in [1.165, 1.54) is 7.11 Å². The monoisotopic (exact) mass is 372 g/mol. The molecule has 0 spiro atoms. The van der Waals surface area contributed by atoms with Gasteiger partial charge < -0.3 is 10.1 Å². The molecule has 4 nitrogen and oxygen atoms in total. The van der Waals surface area contributed by atoms with Crippen molar-refractivity contribution in [3.63, 3.8) is 0 Å². The predicted molar refractivity (Wildman–Crippen MR) is 112 cm³/mol. The van der Waals surface area contributed by atoms with Crippen LogP contribution >= 0.6 is 0 Å². The van der Waals surface area contributed by atoms with E-state index in [4.69, 9.17) is 10.00 Å². The van der Waals surface area contributed by atoms with E-state index in [1.54, 1.807) is 0 Å². The first-order valence-electron chi connectivity index (χ1n) is 9.36. The lowest BCUT2D eigenvalue weighted by Gasteiger charge is -2.20. The summed E-state index contributed by atoms with van der Waals surface area (Å²) in [6.45, 7) is 4.60. The topological polar surface area (TPSA) is 62.1 Å². The zero-order valence-corrected chi connectivity index (χ0v) is 16.4. The maximum Gasteiger partial charge on any atom is 0.323 e. The molecule has 0 aromatic heterocycles. The van der Waals surface area contributed by atoms with Gasteiger partial charge in [-0.15, -0.1) is 0 Å². The molecule has 0 aliphatic rings. The average Bonchev–Trinajstić information content (AvgIpc) is 2.73. The highest BCUT2D eigenvalue weighted by molar-refractivity contribution is 5.88. The highest BCUT2D eigenvalue weighted by Gasteiger charge is 2.22. The molecule has 0 fully saturated rings. The number of ether oxygens (including phenoxy) is 1. The number of fused-ring (bicyclic) bond motifs is 1. The van der Waals surface area contributed by atoms with Crippen LogP contribution in [0.25, 0.3) is 21.9 Å². The first-order chi connectivity index (χ1) is 13.5. The van der Waals surface area contributed by atoms with Crippen molar-refractivity contribution in [2.45, 2.75) is 26.4 Å². The van der Waals surface area contributed by atoms with E-state index >= 15 is 0 Å². The van der Waals surface area contributed by atoms with Gasteiger partial charge in [-0.1, -0.05) is 50.2 Å². The van der Waals surface area contributed by atoms with Crippen molar-refractivity contribution in [1.82, 2.24) is 5.32 Å². The van der Waals surface area contributed by atoms with E-state index in [9.17, 15) is 4.79 Å². The summed E-state index contributed by atoms with van der Waals surface area (Å²) in [5, 5.41) is 14.5. The van der Waals surface area contributed by atoms with Crippen molar-refractivity contribution in [1.29, 1.82) is 5.26 Å². The number of nitriles is 1. The number of nitrogens with zero attached hydrogens (tertiary/aromatic N) is 1. The van der Waals surface area contributed by atoms with E-state index in [1.807, 2.05) is 38.1 Å². The van der Waals surface area contributed by atoms with Crippen molar-refractivity contribution in [3.05, 3.63) is 71.8 Å². The fraction of sp³-hybridized carbons (Fsp3) is 0.250. The Morgan fingerprint density at radius 2 is 1.64 bits per heavy atom. The predicted octanol–water partition coefficient (Wildman–Crippen LogP) is 4.67. The minimum absolute atomic E-state index is 0.155. The van der Waals surface area contributed by atoms with Crippen LogP contribution in [0.1, 0.15) is 25.0 Å². The molecule has 0 bridgehead atoms. The molecule has 0 aliphatic heterocycles. The van der Waals surface area contributed by atoms with Gasteiger partial charge in [-0.05, 0) is 57.6 Å². The normalized spacial score (nSPS) is 12.0. The van der Waals surface area contributed by atoms with Crippen LogP contribution in [-0.2, 0) is 16.1 Å². The van der Waals surface area contributed by atoms with Crippen molar-refractivity contribution in [2.75, 3.05) is 7.11 Å². The molecular weight excluding hydrogens is 348 g/mol. The van der Waals surface area contributed by atoms with E-state index in [2.05, 4.69) is 47.8 Å². The van der Waals surface area contributed by atoms with Gasteiger partial charge in [-0.3, -0.25) is 4.79 Å². The second kappa shape index (κ2) is 8.69. The van der Waals surface area contributed by atoms with Crippen molar-refractivity contribution in [2.24, 2.45) is 5.92 Å². The fourth-order valence-electron chi connectivity index (χ4n) is 3.27. The summed E-state index contributed by atoms with van der Waals surface area (Å²) in [5.41, 5.74) is 3.99. The van der Waals surface area contributed by atoms with E-state index in [0.717, 1.165) is 27.5 Å². The SMILES string of the molecule is COC(=O)C(NCc1ccc2cc(-c3ccc(C#N)cc3)ccc2c1)C(C)C. The van der Waals surface area contributed by atoms with Crippen LogP contribution in [0.5, 0.6) is 0 Å². The molecule has 0 saturated carbocycles. The van der Waals surface area contributed by atoms with Crippen LogP contribution in [0.2, 0.25) is 0 Å². The van der Waals surface area contributed by atoms with Gasteiger partial charge in [0.25, 0.3) is 0 Å². The van der Waals surface area contributed by atoms with Crippen molar-refractivity contribution >= 4 is 16.7 Å². The number of hydrogen-bond donors (Lipinski definition) is 1. The van der Waals surface area contributed by atoms with E-state index < -0.39 is 0 Å². The molecule has 0 aliphatic carbocycles. The molecule has 1 N–H and O–H groups in total. The summed E-state index contributed by atoms with van der Waals surface area (Å²) in [6.07, 6.45) is 0. The number of hydrogen-bond acceptors (Lipinski definition) is 4. The second-order valence-corrected chi connectivity index (χ2v) is 7.21. The van der Waals surface area contributed by atoms with Gasteiger partial charge in [0, 0.05) is 6.54 Å². The summed E-state index contributed by atoms with van der Waals surface area (Å²) in [4.78, 5) is 11.9. The van der Waals surface area contributed by atoms with Crippen LogP contribution in [0.15, 0.2) is 60.7 Å². The number of esters is 1. The first-order valence-corrected chi connectivity index (χ1v) is 9.36. The Kier molecular flexibility index (Phi) is 6.08.